The summed E-state index contributed by atoms with van der Waals surface area (Å²) in [4.78, 5) is 0. The topological polar surface area (TPSA) is 76.1 Å². The number of rotatable bonds is 4. The molecule has 4 heteroatoms. The zero-order valence-electron chi connectivity index (χ0n) is 8.72. The fourth-order valence-electron chi connectivity index (χ4n) is 1.36. The van der Waals surface area contributed by atoms with Crippen LogP contribution < -0.4 is 22.1 Å². The Kier molecular flexibility index (Phi) is 3.45. The third-order valence-corrected chi connectivity index (χ3v) is 2.00. The summed E-state index contributed by atoms with van der Waals surface area (Å²) in [6.45, 7) is 5.70. The zero-order chi connectivity index (χ0) is 10.6. The number of anilines is 4. The summed E-state index contributed by atoms with van der Waals surface area (Å²) in [5.41, 5.74) is 14.9. The van der Waals surface area contributed by atoms with Crippen LogP contribution in [-0.4, -0.2) is 13.1 Å². The first-order valence-electron chi connectivity index (χ1n) is 4.86. The first-order chi connectivity index (χ1) is 6.70. The summed E-state index contributed by atoms with van der Waals surface area (Å²) in [6.07, 6.45) is 0. The molecule has 0 fully saturated rings. The van der Waals surface area contributed by atoms with E-state index in [4.69, 9.17) is 11.5 Å². The monoisotopic (exact) mass is 194 g/mol. The Labute approximate surface area is 84.7 Å². The molecule has 0 aliphatic heterocycles. The minimum atomic E-state index is 0.686. The molecule has 4 nitrogen and oxygen atoms in total. The SMILES string of the molecule is CCNc1ccc(N)c(NCC)c1N. The third kappa shape index (κ3) is 2.02. The van der Waals surface area contributed by atoms with Crippen molar-refractivity contribution >= 4 is 22.7 Å². The maximum Gasteiger partial charge on any atom is 0.0828 e. The highest BCUT2D eigenvalue weighted by Gasteiger charge is 2.06. The zero-order valence-corrected chi connectivity index (χ0v) is 8.72. The Morgan fingerprint density at radius 3 is 2.29 bits per heavy atom. The Bertz CT molecular complexity index is 309. The molecule has 0 heterocycles. The molecule has 0 saturated heterocycles. The van der Waals surface area contributed by atoms with E-state index in [9.17, 15) is 0 Å². The maximum absolute atomic E-state index is 5.95. The second-order valence-corrected chi connectivity index (χ2v) is 3.05. The first kappa shape index (κ1) is 10.5. The van der Waals surface area contributed by atoms with E-state index in [2.05, 4.69) is 10.6 Å². The van der Waals surface area contributed by atoms with E-state index in [1.165, 1.54) is 0 Å². The lowest BCUT2D eigenvalue weighted by Crippen LogP contribution is -2.08. The molecule has 0 atom stereocenters. The summed E-state index contributed by atoms with van der Waals surface area (Å²) in [7, 11) is 0. The van der Waals surface area contributed by atoms with Crippen molar-refractivity contribution in [2.75, 3.05) is 35.2 Å². The first-order valence-corrected chi connectivity index (χ1v) is 4.86. The molecular formula is C10H18N4. The summed E-state index contributed by atoms with van der Waals surface area (Å²) in [5.74, 6) is 0. The van der Waals surface area contributed by atoms with Gasteiger partial charge in [0.1, 0.15) is 0 Å². The van der Waals surface area contributed by atoms with Gasteiger partial charge in [0.15, 0.2) is 0 Å². The Hall–Kier alpha value is -1.58. The lowest BCUT2D eigenvalue weighted by Gasteiger charge is -2.14. The van der Waals surface area contributed by atoms with Gasteiger partial charge in [-0.15, -0.1) is 0 Å². The maximum atomic E-state index is 5.95. The van der Waals surface area contributed by atoms with Gasteiger partial charge in [0, 0.05) is 13.1 Å². The standard InChI is InChI=1S/C10H18N4/c1-3-13-8-6-5-7(11)10(9(8)12)14-4-2/h5-6,13-14H,3-4,11-12H2,1-2H3. The molecule has 0 bridgehead atoms. The third-order valence-electron chi connectivity index (χ3n) is 2.00. The van der Waals surface area contributed by atoms with Gasteiger partial charge in [0.25, 0.3) is 0 Å². The quantitative estimate of drug-likeness (QED) is 0.550. The van der Waals surface area contributed by atoms with Crippen molar-refractivity contribution in [2.45, 2.75) is 13.8 Å². The molecule has 0 radical (unpaired) electrons. The van der Waals surface area contributed by atoms with Gasteiger partial charge < -0.3 is 22.1 Å². The average molecular weight is 194 g/mol. The molecule has 1 aromatic rings. The van der Waals surface area contributed by atoms with E-state index in [1.54, 1.807) is 0 Å². The molecule has 0 aliphatic carbocycles. The Morgan fingerprint density at radius 1 is 1.07 bits per heavy atom. The van der Waals surface area contributed by atoms with Crippen LogP contribution in [-0.2, 0) is 0 Å². The van der Waals surface area contributed by atoms with E-state index in [0.717, 1.165) is 24.5 Å². The van der Waals surface area contributed by atoms with Crippen molar-refractivity contribution in [3.63, 3.8) is 0 Å². The molecule has 0 saturated carbocycles. The number of hydrogen-bond acceptors (Lipinski definition) is 4. The van der Waals surface area contributed by atoms with Crippen LogP contribution in [0.2, 0.25) is 0 Å². The van der Waals surface area contributed by atoms with Crippen molar-refractivity contribution < 1.29 is 0 Å². The molecule has 0 aliphatic rings. The largest absolute Gasteiger partial charge is 0.397 e. The fraction of sp³-hybridized carbons (Fsp3) is 0.400. The normalized spacial score (nSPS) is 9.86. The van der Waals surface area contributed by atoms with E-state index in [-0.39, 0.29) is 0 Å². The van der Waals surface area contributed by atoms with E-state index >= 15 is 0 Å². The summed E-state index contributed by atoms with van der Waals surface area (Å²) >= 11 is 0. The van der Waals surface area contributed by atoms with Crippen molar-refractivity contribution in [1.82, 2.24) is 0 Å². The Balaban J connectivity index is 3.05. The molecule has 1 aromatic carbocycles. The van der Waals surface area contributed by atoms with Crippen molar-refractivity contribution in [3.05, 3.63) is 12.1 Å². The van der Waals surface area contributed by atoms with Crippen molar-refractivity contribution in [2.24, 2.45) is 0 Å². The summed E-state index contributed by atoms with van der Waals surface area (Å²) in [5, 5.41) is 6.33. The average Bonchev–Trinajstić information content (AvgIpc) is 2.17. The lowest BCUT2D eigenvalue weighted by molar-refractivity contribution is 1.20. The van der Waals surface area contributed by atoms with Gasteiger partial charge in [-0.2, -0.15) is 0 Å². The molecule has 1 rings (SSSR count). The second-order valence-electron chi connectivity index (χ2n) is 3.05. The highest BCUT2D eigenvalue weighted by molar-refractivity contribution is 5.88. The molecule has 0 amide bonds. The number of nitrogen functional groups attached to an aromatic ring is 2. The lowest BCUT2D eigenvalue weighted by atomic mass is 10.2. The van der Waals surface area contributed by atoms with E-state index in [0.29, 0.717) is 11.4 Å². The van der Waals surface area contributed by atoms with Gasteiger partial charge in [-0.25, -0.2) is 0 Å². The van der Waals surface area contributed by atoms with E-state index in [1.807, 2.05) is 26.0 Å². The number of nitrogens with one attached hydrogen (secondary N) is 2. The summed E-state index contributed by atoms with van der Waals surface area (Å²) < 4.78 is 0. The van der Waals surface area contributed by atoms with Gasteiger partial charge in [-0.3, -0.25) is 0 Å². The minimum Gasteiger partial charge on any atom is -0.397 e. The van der Waals surface area contributed by atoms with Crippen LogP contribution in [0.1, 0.15) is 13.8 Å². The molecule has 0 aromatic heterocycles. The fourth-order valence-corrected chi connectivity index (χ4v) is 1.36. The van der Waals surface area contributed by atoms with Crippen LogP contribution in [0.25, 0.3) is 0 Å². The molecule has 78 valence electrons. The second kappa shape index (κ2) is 4.60. The number of benzene rings is 1. The smallest absolute Gasteiger partial charge is 0.0828 e. The van der Waals surface area contributed by atoms with E-state index < -0.39 is 0 Å². The van der Waals surface area contributed by atoms with Crippen LogP contribution in [0, 0.1) is 0 Å². The van der Waals surface area contributed by atoms with Crippen LogP contribution >= 0.6 is 0 Å². The van der Waals surface area contributed by atoms with Gasteiger partial charge >= 0.3 is 0 Å². The van der Waals surface area contributed by atoms with Gasteiger partial charge in [-0.05, 0) is 26.0 Å². The summed E-state index contributed by atoms with van der Waals surface area (Å²) in [6, 6.07) is 3.75. The van der Waals surface area contributed by atoms with Crippen LogP contribution in [0.15, 0.2) is 12.1 Å². The molecule has 0 spiro atoms. The number of hydrogen-bond donors (Lipinski definition) is 4. The van der Waals surface area contributed by atoms with Crippen LogP contribution in [0.4, 0.5) is 22.7 Å². The molecule has 0 unspecified atom stereocenters. The minimum absolute atomic E-state index is 0.686. The molecular weight excluding hydrogens is 176 g/mol. The highest BCUT2D eigenvalue weighted by Crippen LogP contribution is 2.32. The predicted octanol–water partition coefficient (Wildman–Crippen LogP) is 1.71. The number of nitrogens with two attached hydrogens (primary N) is 2. The van der Waals surface area contributed by atoms with Gasteiger partial charge in [0.2, 0.25) is 0 Å². The van der Waals surface area contributed by atoms with Crippen molar-refractivity contribution in [3.8, 4) is 0 Å². The van der Waals surface area contributed by atoms with Crippen LogP contribution in [0.5, 0.6) is 0 Å². The van der Waals surface area contributed by atoms with Crippen LogP contribution in [0.3, 0.4) is 0 Å². The predicted molar refractivity (Wildman–Crippen MR) is 63.6 cm³/mol. The highest BCUT2D eigenvalue weighted by atomic mass is 14.9. The molecule has 14 heavy (non-hydrogen) atoms. The van der Waals surface area contributed by atoms with Gasteiger partial charge in [0.05, 0.1) is 22.7 Å². The van der Waals surface area contributed by atoms with Crippen molar-refractivity contribution in [1.29, 1.82) is 0 Å². The van der Waals surface area contributed by atoms with Gasteiger partial charge in [-0.1, -0.05) is 0 Å². The Morgan fingerprint density at radius 2 is 1.71 bits per heavy atom. The molecule has 6 N–H and O–H groups in total.